The molecule has 188 valence electrons. The van der Waals surface area contributed by atoms with Gasteiger partial charge in [-0.2, -0.15) is 0 Å². The minimum Gasteiger partial charge on any atom is -0.507 e. The van der Waals surface area contributed by atoms with Crippen molar-refractivity contribution in [2.24, 2.45) is 5.92 Å². The summed E-state index contributed by atoms with van der Waals surface area (Å²) in [6, 6.07) is 4.69. The van der Waals surface area contributed by atoms with E-state index in [9.17, 15) is 5.11 Å². The molecule has 2 unspecified atom stereocenters. The third-order valence-electron chi connectivity index (χ3n) is 7.23. The summed E-state index contributed by atoms with van der Waals surface area (Å²) < 4.78 is 6.94. The predicted molar refractivity (Wildman–Crippen MR) is 151 cm³/mol. The van der Waals surface area contributed by atoms with Crippen molar-refractivity contribution in [1.29, 1.82) is 0 Å². The molecule has 0 spiro atoms. The number of allylic oxidation sites excluding steroid dienone is 3. The van der Waals surface area contributed by atoms with Gasteiger partial charge in [0.2, 0.25) is 4.38 Å². The zero-order valence-corrected chi connectivity index (χ0v) is 23.6. The molecular formula is C29H43NO2S2. The first-order chi connectivity index (χ1) is 16.0. The van der Waals surface area contributed by atoms with Crippen molar-refractivity contribution in [1.82, 2.24) is 4.90 Å². The first-order valence-corrected chi connectivity index (χ1v) is 14.0. The summed E-state index contributed by atoms with van der Waals surface area (Å²) >= 11 is 7.39. The maximum Gasteiger partial charge on any atom is 0.226 e. The van der Waals surface area contributed by atoms with Crippen LogP contribution in [0.1, 0.15) is 90.2 Å². The van der Waals surface area contributed by atoms with E-state index < -0.39 is 0 Å². The molecule has 1 aromatic rings. The standard InChI is InChI=1S/C29H43NO2S2/c1-8-9-10-11-21-15-25(31)27(24-14-20(4)12-13-23(24)19(2)3)26(16-21)32-28(33)34-29(5,6)17-22-18-30(22)7/h14-16,22-24,31H,2,8-13,17-18H2,1,3-7H3/t22?,23-,24+,30?/m0/s1. The molecule has 0 amide bonds. The van der Waals surface area contributed by atoms with Crippen molar-refractivity contribution >= 4 is 28.4 Å². The largest absolute Gasteiger partial charge is 0.507 e. The number of ether oxygens (including phenoxy) is 1. The first kappa shape index (κ1) is 27.3. The molecule has 1 aromatic carbocycles. The van der Waals surface area contributed by atoms with Crippen LogP contribution in [0.4, 0.5) is 0 Å². The first-order valence-electron chi connectivity index (χ1n) is 12.8. The highest BCUT2D eigenvalue weighted by atomic mass is 32.2. The second kappa shape index (κ2) is 11.6. The number of nitrogens with zero attached hydrogens (tertiary/aromatic N) is 1. The van der Waals surface area contributed by atoms with Crippen molar-refractivity contribution in [2.75, 3.05) is 13.6 Å². The zero-order valence-electron chi connectivity index (χ0n) is 21.9. The van der Waals surface area contributed by atoms with E-state index in [0.29, 0.717) is 21.9 Å². The van der Waals surface area contributed by atoms with Crippen LogP contribution in [0, 0.1) is 5.92 Å². The SMILES string of the molecule is C=C(C)[C@@H]1CCC(C)=C[C@H]1c1c(O)cc(CCCCC)cc1OC(=S)SC(C)(C)CC1CN1C. The third kappa shape index (κ3) is 7.35. The minimum absolute atomic E-state index is 0.00494. The molecule has 1 aliphatic heterocycles. The molecule has 34 heavy (non-hydrogen) atoms. The zero-order chi connectivity index (χ0) is 25.0. The fraction of sp³-hybridized carbons (Fsp3) is 0.621. The molecule has 1 heterocycles. The molecule has 3 nitrogen and oxygen atoms in total. The van der Waals surface area contributed by atoms with E-state index in [4.69, 9.17) is 17.0 Å². The summed E-state index contributed by atoms with van der Waals surface area (Å²) in [5.41, 5.74) is 4.47. The van der Waals surface area contributed by atoms with Gasteiger partial charge in [-0.25, -0.2) is 0 Å². The Hall–Kier alpha value is -1.30. The van der Waals surface area contributed by atoms with Gasteiger partial charge in [0.15, 0.2) is 0 Å². The molecule has 1 N–H and O–H groups in total. The van der Waals surface area contributed by atoms with Gasteiger partial charge in [0.05, 0.1) is 0 Å². The summed E-state index contributed by atoms with van der Waals surface area (Å²) in [6.07, 6.45) is 9.87. The van der Waals surface area contributed by atoms with Crippen molar-refractivity contribution in [3.8, 4) is 11.5 Å². The van der Waals surface area contributed by atoms with E-state index >= 15 is 0 Å². The van der Waals surface area contributed by atoms with E-state index in [1.165, 1.54) is 18.4 Å². The average molecular weight is 502 g/mol. The lowest BCUT2D eigenvalue weighted by Gasteiger charge is -2.32. The van der Waals surface area contributed by atoms with Crippen LogP contribution < -0.4 is 4.74 Å². The molecule has 0 aromatic heterocycles. The highest BCUT2D eigenvalue weighted by molar-refractivity contribution is 8.23. The van der Waals surface area contributed by atoms with Crippen molar-refractivity contribution < 1.29 is 9.84 Å². The van der Waals surface area contributed by atoms with Gasteiger partial charge < -0.3 is 14.7 Å². The summed E-state index contributed by atoms with van der Waals surface area (Å²) in [6.45, 7) is 16.4. The maximum absolute atomic E-state index is 11.3. The van der Waals surface area contributed by atoms with Gasteiger partial charge in [0.1, 0.15) is 11.5 Å². The van der Waals surface area contributed by atoms with Crippen LogP contribution in [0.15, 0.2) is 35.9 Å². The van der Waals surface area contributed by atoms with E-state index in [1.54, 1.807) is 11.8 Å². The molecule has 1 fully saturated rings. The molecule has 0 saturated carbocycles. The van der Waals surface area contributed by atoms with Gasteiger partial charge in [-0.05, 0) is 88.8 Å². The van der Waals surface area contributed by atoms with Crippen LogP contribution in [0.2, 0.25) is 0 Å². The molecule has 1 aliphatic carbocycles. The fourth-order valence-corrected chi connectivity index (χ4v) is 6.79. The van der Waals surface area contributed by atoms with Crippen LogP contribution in [0.5, 0.6) is 11.5 Å². The Balaban J connectivity index is 1.91. The van der Waals surface area contributed by atoms with Crippen molar-refractivity contribution in [2.45, 2.75) is 96.3 Å². The van der Waals surface area contributed by atoms with E-state index in [2.05, 4.69) is 65.3 Å². The number of hydrogen-bond donors (Lipinski definition) is 1. The molecule has 3 rings (SSSR count). The Morgan fingerprint density at radius 2 is 2.03 bits per heavy atom. The van der Waals surface area contributed by atoms with E-state index in [1.807, 2.05) is 6.07 Å². The number of rotatable bonds is 10. The number of thiocarbonyl (C=S) groups is 1. The minimum atomic E-state index is -0.00494. The Morgan fingerprint density at radius 3 is 2.65 bits per heavy atom. The lowest BCUT2D eigenvalue weighted by atomic mass is 9.73. The fourth-order valence-electron chi connectivity index (χ4n) is 5.17. The number of unbranched alkanes of at least 4 members (excludes halogenated alkanes) is 2. The maximum atomic E-state index is 11.3. The predicted octanol–water partition coefficient (Wildman–Crippen LogP) is 8.02. The Labute approximate surface area is 217 Å². The topological polar surface area (TPSA) is 32.5 Å². The summed E-state index contributed by atoms with van der Waals surface area (Å²) in [4.78, 5) is 2.36. The highest BCUT2D eigenvalue weighted by Gasteiger charge is 2.37. The van der Waals surface area contributed by atoms with Gasteiger partial charge in [0, 0.05) is 28.8 Å². The number of benzene rings is 1. The monoisotopic (exact) mass is 501 g/mol. The summed E-state index contributed by atoms with van der Waals surface area (Å²) in [5, 5.41) is 11.3. The summed E-state index contributed by atoms with van der Waals surface area (Å²) in [7, 11) is 2.16. The molecule has 2 aliphatic rings. The van der Waals surface area contributed by atoms with Crippen LogP contribution in [-0.2, 0) is 6.42 Å². The van der Waals surface area contributed by atoms with Gasteiger partial charge in [-0.3, -0.25) is 0 Å². The van der Waals surface area contributed by atoms with Gasteiger partial charge in [-0.15, -0.1) is 0 Å². The number of phenols is 1. The average Bonchev–Trinajstić information content (AvgIpc) is 3.40. The number of phenolic OH excluding ortho intramolecular Hbond substituents is 1. The Bertz CT molecular complexity index is 936. The van der Waals surface area contributed by atoms with Crippen LogP contribution >= 0.6 is 24.0 Å². The lowest BCUT2D eigenvalue weighted by molar-refractivity contribution is 0.424. The molecule has 0 radical (unpaired) electrons. The Morgan fingerprint density at radius 1 is 1.32 bits per heavy atom. The molecule has 5 heteroatoms. The van der Waals surface area contributed by atoms with Gasteiger partial charge in [0.25, 0.3) is 0 Å². The normalized spacial score (nSPS) is 24.5. The van der Waals surface area contributed by atoms with Crippen molar-refractivity contribution in [3.05, 3.63) is 47.1 Å². The number of hydrogen-bond acceptors (Lipinski definition) is 5. The number of likely N-dealkylation sites (N-methyl/N-ethyl adjacent to an activating group) is 1. The van der Waals surface area contributed by atoms with Crippen LogP contribution in [0.3, 0.4) is 0 Å². The van der Waals surface area contributed by atoms with Gasteiger partial charge in [-0.1, -0.05) is 69.2 Å². The number of aromatic hydroxyl groups is 1. The van der Waals surface area contributed by atoms with Gasteiger partial charge >= 0.3 is 0 Å². The van der Waals surface area contributed by atoms with E-state index in [0.717, 1.165) is 55.3 Å². The second-order valence-corrected chi connectivity index (χ2v) is 13.3. The van der Waals surface area contributed by atoms with Crippen LogP contribution in [0.25, 0.3) is 0 Å². The highest BCUT2D eigenvalue weighted by Crippen LogP contribution is 2.47. The smallest absolute Gasteiger partial charge is 0.226 e. The van der Waals surface area contributed by atoms with E-state index in [-0.39, 0.29) is 16.6 Å². The Kier molecular flexibility index (Phi) is 9.33. The second-order valence-electron chi connectivity index (χ2n) is 11.0. The third-order valence-corrected chi connectivity index (χ3v) is 8.53. The van der Waals surface area contributed by atoms with Crippen LogP contribution in [-0.4, -0.2) is 38.8 Å². The number of thioether (sulfide) groups is 1. The summed E-state index contributed by atoms with van der Waals surface area (Å²) in [5.74, 6) is 1.36. The molecular weight excluding hydrogens is 458 g/mol. The molecule has 4 atom stereocenters. The lowest BCUT2D eigenvalue weighted by Crippen LogP contribution is -2.23. The molecule has 0 bridgehead atoms. The van der Waals surface area contributed by atoms with Crippen molar-refractivity contribution in [3.63, 3.8) is 0 Å². The number of aryl methyl sites for hydroxylation is 1. The molecule has 1 saturated heterocycles. The quantitative estimate of drug-likeness (QED) is 0.152.